The number of hydrogen-bond donors (Lipinski definition) is 0. The minimum atomic E-state index is -4.36. The van der Waals surface area contributed by atoms with Crippen LogP contribution in [-0.2, 0) is 12.6 Å². The second-order valence-corrected chi connectivity index (χ2v) is 6.22. The van der Waals surface area contributed by atoms with E-state index in [9.17, 15) is 13.2 Å². The molecule has 7 heteroatoms. The Morgan fingerprint density at radius 1 is 0.929 bits per heavy atom. The minimum Gasteiger partial charge on any atom is -0.457 e. The van der Waals surface area contributed by atoms with E-state index >= 15 is 0 Å². The summed E-state index contributed by atoms with van der Waals surface area (Å²) in [7, 11) is 0. The van der Waals surface area contributed by atoms with E-state index in [1.807, 2.05) is 29.8 Å². The van der Waals surface area contributed by atoms with Gasteiger partial charge < -0.3 is 4.74 Å². The number of rotatable bonds is 4. The monoisotopic (exact) mass is 383 g/mol. The molecule has 0 aliphatic carbocycles. The highest BCUT2D eigenvalue weighted by Gasteiger charge is 2.30. The summed E-state index contributed by atoms with van der Waals surface area (Å²) in [5.41, 5.74) is 2.04. The lowest BCUT2D eigenvalue weighted by atomic mass is 10.2. The number of alkyl halides is 3. The van der Waals surface area contributed by atoms with Crippen molar-refractivity contribution in [3.05, 3.63) is 78.2 Å². The highest BCUT2D eigenvalue weighted by Crippen LogP contribution is 2.31. The molecule has 0 aliphatic rings. The molecule has 4 nitrogen and oxygen atoms in total. The van der Waals surface area contributed by atoms with Crippen LogP contribution >= 0.6 is 0 Å². The van der Waals surface area contributed by atoms with Crippen LogP contribution in [0.4, 0.5) is 13.2 Å². The first-order chi connectivity index (χ1) is 13.5. The van der Waals surface area contributed by atoms with Crippen molar-refractivity contribution in [3.8, 4) is 17.2 Å². The van der Waals surface area contributed by atoms with Gasteiger partial charge in [-0.15, -0.1) is 0 Å². The molecule has 142 valence electrons. The zero-order valence-electron chi connectivity index (χ0n) is 14.9. The molecule has 4 rings (SSSR count). The fraction of sp³-hybridized carbons (Fsp3) is 0.143. The van der Waals surface area contributed by atoms with Crippen LogP contribution < -0.4 is 4.74 Å². The average molecular weight is 383 g/mol. The molecule has 0 spiro atoms. The van der Waals surface area contributed by atoms with Gasteiger partial charge in [-0.2, -0.15) is 18.3 Å². The van der Waals surface area contributed by atoms with E-state index in [0.29, 0.717) is 11.5 Å². The molecule has 2 heterocycles. The SMILES string of the molecule is CCc1nn(-c2ccc(Oc3ccc(C(F)(F)F)cc3)cc2)c2cnccc12. The quantitative estimate of drug-likeness (QED) is 0.448. The molecule has 4 aromatic rings. The predicted molar refractivity (Wildman–Crippen MR) is 99.8 cm³/mol. The maximum Gasteiger partial charge on any atom is 0.416 e. The van der Waals surface area contributed by atoms with Crippen LogP contribution in [0.1, 0.15) is 18.2 Å². The fourth-order valence-electron chi connectivity index (χ4n) is 2.99. The first-order valence-corrected chi connectivity index (χ1v) is 8.73. The van der Waals surface area contributed by atoms with Gasteiger partial charge in [0.1, 0.15) is 11.5 Å². The lowest BCUT2D eigenvalue weighted by molar-refractivity contribution is -0.137. The summed E-state index contributed by atoms with van der Waals surface area (Å²) in [4.78, 5) is 4.18. The largest absolute Gasteiger partial charge is 0.457 e. The molecule has 28 heavy (non-hydrogen) atoms. The second kappa shape index (κ2) is 6.99. The van der Waals surface area contributed by atoms with Gasteiger partial charge in [0.05, 0.1) is 28.7 Å². The van der Waals surface area contributed by atoms with Crippen molar-refractivity contribution in [1.82, 2.24) is 14.8 Å². The van der Waals surface area contributed by atoms with Crippen LogP contribution in [0.3, 0.4) is 0 Å². The summed E-state index contributed by atoms with van der Waals surface area (Å²) < 4.78 is 45.4. The molecule has 0 fully saturated rings. The molecular weight excluding hydrogens is 367 g/mol. The zero-order chi connectivity index (χ0) is 19.7. The first-order valence-electron chi connectivity index (χ1n) is 8.73. The molecule has 0 N–H and O–H groups in total. The summed E-state index contributed by atoms with van der Waals surface area (Å²) >= 11 is 0. The van der Waals surface area contributed by atoms with Crippen LogP contribution in [0.25, 0.3) is 16.6 Å². The number of pyridine rings is 1. The molecule has 0 amide bonds. The van der Waals surface area contributed by atoms with E-state index in [1.165, 1.54) is 12.1 Å². The van der Waals surface area contributed by atoms with Crippen LogP contribution in [0.5, 0.6) is 11.5 Å². The van der Waals surface area contributed by atoms with Crippen molar-refractivity contribution in [1.29, 1.82) is 0 Å². The number of aromatic nitrogens is 3. The molecule has 0 aliphatic heterocycles. The van der Waals surface area contributed by atoms with Gasteiger partial charge in [0, 0.05) is 11.6 Å². The molecule has 0 atom stereocenters. The number of nitrogens with zero attached hydrogens (tertiary/aromatic N) is 3. The summed E-state index contributed by atoms with van der Waals surface area (Å²) in [5.74, 6) is 0.858. The van der Waals surface area contributed by atoms with Crippen LogP contribution in [0, 0.1) is 0 Å². The smallest absolute Gasteiger partial charge is 0.416 e. The molecule has 2 aromatic heterocycles. The van der Waals surface area contributed by atoms with E-state index in [1.54, 1.807) is 24.5 Å². The third kappa shape index (κ3) is 3.43. The van der Waals surface area contributed by atoms with Crippen molar-refractivity contribution in [3.63, 3.8) is 0 Å². The molecule has 0 bridgehead atoms. The molecule has 0 unspecified atom stereocenters. The second-order valence-electron chi connectivity index (χ2n) is 6.22. The van der Waals surface area contributed by atoms with Crippen molar-refractivity contribution >= 4 is 10.9 Å². The zero-order valence-corrected chi connectivity index (χ0v) is 14.9. The van der Waals surface area contributed by atoms with Gasteiger partial charge in [-0.1, -0.05) is 6.92 Å². The predicted octanol–water partition coefficient (Wildman–Crippen LogP) is 5.79. The Labute approximate surface area is 159 Å². The highest BCUT2D eigenvalue weighted by molar-refractivity contribution is 5.82. The van der Waals surface area contributed by atoms with E-state index < -0.39 is 11.7 Å². The van der Waals surface area contributed by atoms with E-state index in [2.05, 4.69) is 10.1 Å². The Morgan fingerprint density at radius 2 is 1.57 bits per heavy atom. The van der Waals surface area contributed by atoms with Crippen molar-refractivity contribution < 1.29 is 17.9 Å². The van der Waals surface area contributed by atoms with Gasteiger partial charge in [-0.3, -0.25) is 4.98 Å². The van der Waals surface area contributed by atoms with Gasteiger partial charge in [-0.05, 0) is 61.0 Å². The number of fused-ring (bicyclic) bond motifs is 1. The van der Waals surface area contributed by atoms with E-state index in [0.717, 1.165) is 40.8 Å². The Kier molecular flexibility index (Phi) is 4.50. The Balaban J connectivity index is 1.58. The van der Waals surface area contributed by atoms with Crippen molar-refractivity contribution in [2.75, 3.05) is 0 Å². The molecule has 0 saturated carbocycles. The van der Waals surface area contributed by atoms with Crippen LogP contribution in [0.2, 0.25) is 0 Å². The van der Waals surface area contributed by atoms with Gasteiger partial charge in [0.2, 0.25) is 0 Å². The molecule has 2 aromatic carbocycles. The van der Waals surface area contributed by atoms with Crippen molar-refractivity contribution in [2.45, 2.75) is 19.5 Å². The number of aryl methyl sites for hydroxylation is 1. The average Bonchev–Trinajstić information content (AvgIpc) is 3.07. The number of benzene rings is 2. The Hall–Kier alpha value is -3.35. The number of ether oxygens (including phenoxy) is 1. The molecular formula is C21H16F3N3O. The minimum absolute atomic E-state index is 0.336. The number of hydrogen-bond acceptors (Lipinski definition) is 3. The summed E-state index contributed by atoms with van der Waals surface area (Å²) in [5, 5.41) is 5.71. The third-order valence-corrected chi connectivity index (χ3v) is 4.39. The molecule has 0 saturated heterocycles. The van der Waals surface area contributed by atoms with Crippen LogP contribution in [0.15, 0.2) is 67.0 Å². The lowest BCUT2D eigenvalue weighted by Crippen LogP contribution is -2.04. The van der Waals surface area contributed by atoms with Crippen LogP contribution in [-0.4, -0.2) is 14.8 Å². The summed E-state index contributed by atoms with van der Waals surface area (Å²) in [6.45, 7) is 2.05. The van der Waals surface area contributed by atoms with Gasteiger partial charge in [-0.25, -0.2) is 4.68 Å². The fourth-order valence-corrected chi connectivity index (χ4v) is 2.99. The third-order valence-electron chi connectivity index (χ3n) is 4.39. The first kappa shape index (κ1) is 18.0. The summed E-state index contributed by atoms with van der Waals surface area (Å²) in [6.07, 6.45) is -0.0375. The summed E-state index contributed by atoms with van der Waals surface area (Å²) in [6, 6.07) is 13.7. The van der Waals surface area contributed by atoms with E-state index in [-0.39, 0.29) is 0 Å². The van der Waals surface area contributed by atoms with Gasteiger partial charge in [0.25, 0.3) is 0 Å². The Bertz CT molecular complexity index is 1100. The highest BCUT2D eigenvalue weighted by atomic mass is 19.4. The van der Waals surface area contributed by atoms with Gasteiger partial charge >= 0.3 is 6.18 Å². The van der Waals surface area contributed by atoms with Crippen molar-refractivity contribution in [2.24, 2.45) is 0 Å². The maximum absolute atomic E-state index is 12.6. The van der Waals surface area contributed by atoms with E-state index in [4.69, 9.17) is 4.74 Å². The van der Waals surface area contributed by atoms with Gasteiger partial charge in [0.15, 0.2) is 0 Å². The topological polar surface area (TPSA) is 39.9 Å². The molecule has 0 radical (unpaired) electrons. The maximum atomic E-state index is 12.6. The number of halogens is 3. The normalized spacial score (nSPS) is 11.7. The lowest BCUT2D eigenvalue weighted by Gasteiger charge is -2.10. The standard InChI is InChI=1S/C21H16F3N3O/c1-2-19-18-11-12-25-13-20(18)27(26-19)15-5-9-17(10-6-15)28-16-7-3-14(4-8-16)21(22,23)24/h3-13H,2H2,1H3. The Morgan fingerprint density at radius 3 is 2.18 bits per heavy atom.